The minimum atomic E-state index is -0.270. The molecule has 0 spiro atoms. The second kappa shape index (κ2) is 17.0. The van der Waals surface area contributed by atoms with Crippen molar-refractivity contribution in [2.45, 2.75) is 71.6 Å². The van der Waals surface area contributed by atoms with Crippen molar-refractivity contribution < 1.29 is 25.2 Å². The first kappa shape index (κ1) is 44.9. The molecule has 342 valence electrons. The Morgan fingerprint density at radius 1 is 0.485 bits per heavy atom. The molecule has 68 heavy (non-hydrogen) atoms. The number of aromatic nitrogens is 3. The van der Waals surface area contributed by atoms with Crippen molar-refractivity contribution in [3.8, 4) is 23.0 Å². The van der Waals surface area contributed by atoms with Gasteiger partial charge in [0.25, 0.3) is 0 Å². The molecular formula is C61H54N5OPd-3. The molecule has 0 saturated heterocycles. The maximum absolute atomic E-state index is 6.79. The number of para-hydroxylation sites is 4. The number of fused-ring (bicyclic) bond motifs is 6. The van der Waals surface area contributed by atoms with Crippen LogP contribution in [0.4, 0.5) is 22.7 Å². The summed E-state index contributed by atoms with van der Waals surface area (Å²) in [6, 6.07) is 67.5. The van der Waals surface area contributed by atoms with Gasteiger partial charge in [-0.2, -0.15) is 12.1 Å². The molecular weight excluding hydrogens is 925 g/mol. The standard InChI is InChI=1S/C61H54N5O.Pd/c1-59(2,3)43-34-44(60(4,5)6)36-47(35-43)64-40-63(53-28-17-18-29-54(53)64)46-24-19-25-48(38-46)67-49-30-31-51-55(39-49)66(56-37-42(32-33-62-56)61(7,8)41-20-11-9-12-21-41)58-50-26-15-16-27-52(50)65(57(51)58)45-22-13-10-14-23-45;/h9-37,40H,1-8H3;/q-3;. The molecule has 0 saturated carbocycles. The number of rotatable bonds is 8. The first-order valence-electron chi connectivity index (χ1n) is 23.2. The molecule has 0 atom stereocenters. The molecule has 7 aromatic carbocycles. The van der Waals surface area contributed by atoms with Gasteiger partial charge >= 0.3 is 0 Å². The number of nitrogens with zero attached hydrogens (tertiary/aromatic N) is 5. The Morgan fingerprint density at radius 2 is 1.10 bits per heavy atom. The minimum Gasteiger partial charge on any atom is -0.509 e. The Kier molecular flexibility index (Phi) is 11.2. The molecule has 0 radical (unpaired) electrons. The normalized spacial score (nSPS) is 13.1. The third-order valence-corrected chi connectivity index (χ3v) is 13.4. The summed E-state index contributed by atoms with van der Waals surface area (Å²) in [6.45, 7) is 20.4. The number of hydrogen-bond donors (Lipinski definition) is 0. The van der Waals surface area contributed by atoms with Crippen LogP contribution in [0.3, 0.4) is 0 Å². The number of pyridine rings is 1. The second-order valence-electron chi connectivity index (χ2n) is 20.3. The van der Waals surface area contributed by atoms with Gasteiger partial charge in [-0.1, -0.05) is 151 Å². The van der Waals surface area contributed by atoms with Crippen molar-refractivity contribution in [2.75, 3.05) is 9.80 Å². The van der Waals surface area contributed by atoms with Crippen LogP contribution >= 0.6 is 0 Å². The van der Waals surface area contributed by atoms with Gasteiger partial charge in [0, 0.05) is 77.2 Å². The summed E-state index contributed by atoms with van der Waals surface area (Å²) in [4.78, 5) is 9.61. The maximum atomic E-state index is 6.79. The minimum absolute atomic E-state index is 0. The smallest absolute Gasteiger partial charge is 0.135 e. The van der Waals surface area contributed by atoms with E-state index in [1.165, 1.54) is 22.3 Å². The molecule has 0 bridgehead atoms. The zero-order valence-electron chi connectivity index (χ0n) is 39.8. The Balaban J connectivity index is 0.00000539. The third kappa shape index (κ3) is 7.78. The fraction of sp³-hybridized carbons (Fsp3) is 0.180. The largest absolute Gasteiger partial charge is 0.509 e. The average Bonchev–Trinajstić information content (AvgIpc) is 3.99. The van der Waals surface area contributed by atoms with Crippen LogP contribution in [-0.4, -0.2) is 14.1 Å². The summed E-state index contributed by atoms with van der Waals surface area (Å²) in [6.07, 6.45) is 1.93. The summed E-state index contributed by atoms with van der Waals surface area (Å²) in [5.41, 5.74) is 14.1. The van der Waals surface area contributed by atoms with Crippen LogP contribution < -0.4 is 14.5 Å². The van der Waals surface area contributed by atoms with Crippen LogP contribution in [0, 0.1) is 18.8 Å². The van der Waals surface area contributed by atoms with E-state index in [1.807, 2.05) is 24.4 Å². The van der Waals surface area contributed by atoms with Crippen molar-refractivity contribution in [3.05, 3.63) is 217 Å². The van der Waals surface area contributed by atoms with Crippen molar-refractivity contribution in [2.24, 2.45) is 0 Å². The van der Waals surface area contributed by atoms with Gasteiger partial charge in [0.1, 0.15) is 5.82 Å². The molecule has 6 nitrogen and oxygen atoms in total. The summed E-state index contributed by atoms with van der Waals surface area (Å²) in [7, 11) is 0. The van der Waals surface area contributed by atoms with E-state index in [0.717, 1.165) is 67.1 Å². The molecule has 1 aliphatic heterocycles. The van der Waals surface area contributed by atoms with E-state index in [0.29, 0.717) is 11.5 Å². The zero-order chi connectivity index (χ0) is 46.2. The van der Waals surface area contributed by atoms with Gasteiger partial charge in [0.05, 0.1) is 11.0 Å². The van der Waals surface area contributed by atoms with Gasteiger partial charge in [-0.05, 0) is 87.7 Å². The zero-order valence-corrected chi connectivity index (χ0v) is 41.3. The SMILES string of the molecule is CC(C)(C)c1cc(N2[CH-]N(c3[c-]c(Oc4[c-]c5c(cc4)c4c(c6ccccc6n4-c4ccccc4)n5-c4cc(C(C)(C)c5ccccc5)ccn4)ccc3)c3ccccc32)cc(C(C)(C)C)c1.[Pd]. The van der Waals surface area contributed by atoms with Gasteiger partial charge in [0.15, 0.2) is 0 Å². The summed E-state index contributed by atoms with van der Waals surface area (Å²) in [5.74, 6) is 1.99. The molecule has 0 N–H and O–H groups in total. The monoisotopic (exact) mass is 978 g/mol. The Bertz CT molecular complexity index is 3450. The Hall–Kier alpha value is -6.91. The first-order valence-corrected chi connectivity index (χ1v) is 23.2. The van der Waals surface area contributed by atoms with Crippen LogP contribution in [0.2, 0.25) is 0 Å². The molecule has 10 aromatic rings. The van der Waals surface area contributed by atoms with E-state index in [1.54, 1.807) is 0 Å². The van der Waals surface area contributed by atoms with E-state index in [-0.39, 0.29) is 36.7 Å². The molecule has 4 heterocycles. The van der Waals surface area contributed by atoms with Gasteiger partial charge in [-0.25, -0.2) is 4.98 Å². The number of hydrogen-bond acceptors (Lipinski definition) is 4. The van der Waals surface area contributed by atoms with E-state index >= 15 is 0 Å². The first-order chi connectivity index (χ1) is 32.2. The molecule has 1 aliphatic rings. The number of anilines is 4. The predicted octanol–water partition coefficient (Wildman–Crippen LogP) is 15.8. The van der Waals surface area contributed by atoms with Crippen LogP contribution in [0.5, 0.6) is 11.5 Å². The molecule has 0 unspecified atom stereocenters. The molecule has 11 rings (SSSR count). The van der Waals surface area contributed by atoms with Crippen LogP contribution in [0.15, 0.2) is 176 Å². The van der Waals surface area contributed by atoms with Crippen molar-refractivity contribution in [1.82, 2.24) is 14.1 Å². The van der Waals surface area contributed by atoms with Crippen molar-refractivity contribution >= 4 is 55.6 Å². The van der Waals surface area contributed by atoms with Crippen LogP contribution in [0.25, 0.3) is 44.3 Å². The molecule has 0 amide bonds. The Morgan fingerprint density at radius 3 is 1.81 bits per heavy atom. The quantitative estimate of drug-likeness (QED) is 0.112. The molecule has 0 fully saturated rings. The van der Waals surface area contributed by atoms with Gasteiger partial charge in [-0.15, -0.1) is 42.7 Å². The molecule has 3 aromatic heterocycles. The average molecular weight is 980 g/mol. The van der Waals surface area contributed by atoms with Crippen LogP contribution in [0.1, 0.15) is 77.6 Å². The molecule has 0 aliphatic carbocycles. The van der Waals surface area contributed by atoms with Gasteiger partial charge < -0.3 is 23.7 Å². The fourth-order valence-corrected chi connectivity index (χ4v) is 9.61. The summed E-state index contributed by atoms with van der Waals surface area (Å²) >= 11 is 0. The topological polar surface area (TPSA) is 38.5 Å². The maximum Gasteiger partial charge on any atom is 0.135 e. The Labute approximate surface area is 414 Å². The van der Waals surface area contributed by atoms with Crippen molar-refractivity contribution in [3.63, 3.8) is 0 Å². The second-order valence-corrected chi connectivity index (χ2v) is 20.3. The van der Waals surface area contributed by atoms with E-state index in [2.05, 4.69) is 245 Å². The van der Waals surface area contributed by atoms with Crippen molar-refractivity contribution in [1.29, 1.82) is 0 Å². The van der Waals surface area contributed by atoms with Crippen LogP contribution in [-0.2, 0) is 36.7 Å². The predicted molar refractivity (Wildman–Crippen MR) is 277 cm³/mol. The van der Waals surface area contributed by atoms with Gasteiger partial charge in [0.2, 0.25) is 0 Å². The summed E-state index contributed by atoms with van der Waals surface area (Å²) in [5, 5.41) is 2.17. The van der Waals surface area contributed by atoms with E-state index in [4.69, 9.17) is 9.72 Å². The molecule has 7 heteroatoms. The van der Waals surface area contributed by atoms with E-state index in [9.17, 15) is 0 Å². The number of ether oxygens (including phenoxy) is 1. The number of benzene rings is 7. The van der Waals surface area contributed by atoms with E-state index < -0.39 is 0 Å². The third-order valence-electron chi connectivity index (χ3n) is 13.4. The van der Waals surface area contributed by atoms with Gasteiger partial charge in [-0.3, -0.25) is 0 Å². The summed E-state index contributed by atoms with van der Waals surface area (Å²) < 4.78 is 11.4. The fourth-order valence-electron chi connectivity index (χ4n) is 9.61.